The van der Waals surface area contributed by atoms with E-state index in [2.05, 4.69) is 25.3 Å². The summed E-state index contributed by atoms with van der Waals surface area (Å²) in [7, 11) is 0. The van der Waals surface area contributed by atoms with Gasteiger partial charge in [0.2, 0.25) is 5.95 Å². The van der Waals surface area contributed by atoms with Crippen molar-refractivity contribution in [1.82, 2.24) is 24.3 Å². The van der Waals surface area contributed by atoms with E-state index in [4.69, 9.17) is 5.73 Å². The van der Waals surface area contributed by atoms with Gasteiger partial charge in [-0.25, -0.2) is 15.0 Å². The number of hydrogen-bond donors (Lipinski definition) is 2. The van der Waals surface area contributed by atoms with Gasteiger partial charge in [0, 0.05) is 18.6 Å². The molecule has 0 aliphatic heterocycles. The number of fused-ring (bicyclic) bond motifs is 1. The number of nitrogen functional groups attached to an aromatic ring is 1. The Kier molecular flexibility index (Phi) is 3.31. The van der Waals surface area contributed by atoms with Gasteiger partial charge in [-0.05, 0) is 36.8 Å². The van der Waals surface area contributed by atoms with Crippen LogP contribution < -0.4 is 11.1 Å². The van der Waals surface area contributed by atoms with Crippen LogP contribution in [0.4, 0.5) is 17.3 Å². The summed E-state index contributed by atoms with van der Waals surface area (Å²) in [5.41, 5.74) is 11.0. The van der Waals surface area contributed by atoms with E-state index < -0.39 is 0 Å². The summed E-state index contributed by atoms with van der Waals surface area (Å²) < 4.78 is 1.98. The van der Waals surface area contributed by atoms with E-state index in [9.17, 15) is 0 Å². The van der Waals surface area contributed by atoms with Crippen LogP contribution in [0.25, 0.3) is 17.0 Å². The lowest BCUT2D eigenvalue weighted by Crippen LogP contribution is -2.00. The Morgan fingerprint density at radius 1 is 1.04 bits per heavy atom. The number of rotatable bonds is 3. The highest BCUT2D eigenvalue weighted by atomic mass is 15.1. The predicted octanol–water partition coefficient (Wildman–Crippen LogP) is 2.82. The first-order valence-corrected chi connectivity index (χ1v) is 7.44. The normalized spacial score (nSPS) is 10.9. The number of aromatic nitrogens is 5. The van der Waals surface area contributed by atoms with Gasteiger partial charge in [0.05, 0.1) is 35.2 Å². The average Bonchev–Trinajstić information content (AvgIpc) is 3.01. The topological polar surface area (TPSA) is 94.0 Å². The number of hydrogen-bond acceptors (Lipinski definition) is 6. The number of imidazole rings is 1. The van der Waals surface area contributed by atoms with Gasteiger partial charge in [0.25, 0.3) is 0 Å². The third kappa shape index (κ3) is 2.52. The Morgan fingerprint density at radius 2 is 1.96 bits per heavy atom. The van der Waals surface area contributed by atoms with E-state index in [0.29, 0.717) is 0 Å². The fourth-order valence-corrected chi connectivity index (χ4v) is 2.55. The molecule has 0 unspecified atom stereocenters. The highest BCUT2D eigenvalue weighted by Gasteiger charge is 2.11. The molecule has 0 fully saturated rings. The Bertz CT molecular complexity index is 1010. The highest BCUT2D eigenvalue weighted by molar-refractivity contribution is 5.67. The molecule has 0 aromatic carbocycles. The quantitative estimate of drug-likeness (QED) is 0.603. The molecule has 7 heteroatoms. The van der Waals surface area contributed by atoms with Gasteiger partial charge in [0.15, 0.2) is 0 Å². The van der Waals surface area contributed by atoms with Gasteiger partial charge in [0.1, 0.15) is 5.65 Å². The van der Waals surface area contributed by atoms with E-state index in [1.165, 1.54) is 0 Å². The molecule has 4 rings (SSSR count). The van der Waals surface area contributed by atoms with Gasteiger partial charge >= 0.3 is 0 Å². The SMILES string of the molecule is Cc1cnc(N)nc1-c1cnc2ccc(Nc3cccnc3)cn12. The number of nitrogens with two attached hydrogens (primary N) is 1. The standard InChI is InChI=1S/C17H15N7/c1-11-7-21-17(18)23-16(11)14-9-20-15-5-4-13(10-24(14)15)22-12-3-2-6-19-8-12/h2-10,22H,1H3,(H2,18,21,23). The second-order valence-corrected chi connectivity index (χ2v) is 5.42. The summed E-state index contributed by atoms with van der Waals surface area (Å²) in [6, 6.07) is 7.76. The van der Waals surface area contributed by atoms with Crippen LogP contribution in [0, 0.1) is 6.92 Å². The molecule has 0 atom stereocenters. The number of nitrogens with one attached hydrogen (secondary N) is 1. The molecule has 0 aliphatic rings. The lowest BCUT2D eigenvalue weighted by molar-refractivity contribution is 1.11. The summed E-state index contributed by atoms with van der Waals surface area (Å²) in [5, 5.41) is 3.32. The van der Waals surface area contributed by atoms with Crippen LogP contribution in [-0.4, -0.2) is 24.3 Å². The molecule has 0 bridgehead atoms. The van der Waals surface area contributed by atoms with Crippen molar-refractivity contribution in [3.8, 4) is 11.4 Å². The molecule has 0 saturated heterocycles. The number of nitrogens with zero attached hydrogens (tertiary/aromatic N) is 5. The minimum atomic E-state index is 0.246. The van der Waals surface area contributed by atoms with Gasteiger partial charge in [-0.1, -0.05) is 0 Å². The zero-order valence-corrected chi connectivity index (χ0v) is 13.0. The molecule has 0 spiro atoms. The fourth-order valence-electron chi connectivity index (χ4n) is 2.55. The summed E-state index contributed by atoms with van der Waals surface area (Å²) in [6.07, 6.45) is 8.99. The lowest BCUT2D eigenvalue weighted by Gasteiger charge is -2.09. The molecule has 0 radical (unpaired) electrons. The number of anilines is 3. The van der Waals surface area contributed by atoms with Crippen molar-refractivity contribution in [3.05, 3.63) is 60.8 Å². The minimum absolute atomic E-state index is 0.246. The second kappa shape index (κ2) is 5.62. The summed E-state index contributed by atoms with van der Waals surface area (Å²) >= 11 is 0. The smallest absolute Gasteiger partial charge is 0.220 e. The monoisotopic (exact) mass is 317 g/mol. The van der Waals surface area contributed by atoms with Crippen LogP contribution in [-0.2, 0) is 0 Å². The molecule has 4 aromatic rings. The van der Waals surface area contributed by atoms with Crippen LogP contribution in [0.2, 0.25) is 0 Å². The average molecular weight is 317 g/mol. The van der Waals surface area contributed by atoms with E-state index >= 15 is 0 Å². The molecule has 118 valence electrons. The zero-order valence-electron chi connectivity index (χ0n) is 13.0. The number of aryl methyl sites for hydroxylation is 1. The van der Waals surface area contributed by atoms with Gasteiger partial charge in [-0.15, -0.1) is 0 Å². The van der Waals surface area contributed by atoms with Gasteiger partial charge in [-0.2, -0.15) is 0 Å². The lowest BCUT2D eigenvalue weighted by atomic mass is 10.2. The van der Waals surface area contributed by atoms with Crippen molar-refractivity contribution in [2.45, 2.75) is 6.92 Å². The van der Waals surface area contributed by atoms with Crippen LogP contribution in [0.3, 0.4) is 0 Å². The third-order valence-electron chi connectivity index (χ3n) is 3.69. The molecular formula is C17H15N7. The first-order chi connectivity index (χ1) is 11.7. The molecule has 4 aromatic heterocycles. The minimum Gasteiger partial charge on any atom is -0.368 e. The van der Waals surface area contributed by atoms with Crippen molar-refractivity contribution >= 4 is 23.0 Å². The summed E-state index contributed by atoms with van der Waals surface area (Å²) in [4.78, 5) is 16.9. The zero-order chi connectivity index (χ0) is 16.5. The van der Waals surface area contributed by atoms with Gasteiger partial charge in [-0.3, -0.25) is 9.38 Å². The number of pyridine rings is 2. The Balaban J connectivity index is 1.80. The molecule has 24 heavy (non-hydrogen) atoms. The van der Waals surface area contributed by atoms with Crippen molar-refractivity contribution in [3.63, 3.8) is 0 Å². The Hall–Kier alpha value is -3.48. The van der Waals surface area contributed by atoms with E-state index in [-0.39, 0.29) is 5.95 Å². The van der Waals surface area contributed by atoms with Crippen LogP contribution in [0.15, 0.2) is 55.2 Å². The Labute approximate surface area is 138 Å². The molecule has 7 nitrogen and oxygen atoms in total. The molecule has 0 aliphatic carbocycles. The van der Waals surface area contributed by atoms with E-state index in [0.717, 1.165) is 34.0 Å². The van der Waals surface area contributed by atoms with E-state index in [1.54, 1.807) is 24.8 Å². The second-order valence-electron chi connectivity index (χ2n) is 5.42. The van der Waals surface area contributed by atoms with Crippen molar-refractivity contribution in [2.24, 2.45) is 0 Å². The Morgan fingerprint density at radius 3 is 2.79 bits per heavy atom. The van der Waals surface area contributed by atoms with Crippen molar-refractivity contribution in [2.75, 3.05) is 11.1 Å². The van der Waals surface area contributed by atoms with Crippen molar-refractivity contribution < 1.29 is 0 Å². The summed E-state index contributed by atoms with van der Waals surface area (Å²) in [5.74, 6) is 0.246. The molecule has 0 amide bonds. The molecule has 3 N–H and O–H groups in total. The maximum atomic E-state index is 5.74. The molecule has 0 saturated carbocycles. The largest absolute Gasteiger partial charge is 0.368 e. The molecule has 4 heterocycles. The third-order valence-corrected chi connectivity index (χ3v) is 3.69. The summed E-state index contributed by atoms with van der Waals surface area (Å²) in [6.45, 7) is 1.95. The first-order valence-electron chi connectivity index (χ1n) is 7.44. The highest BCUT2D eigenvalue weighted by Crippen LogP contribution is 2.25. The first kappa shape index (κ1) is 14.1. The maximum absolute atomic E-state index is 5.74. The maximum Gasteiger partial charge on any atom is 0.220 e. The van der Waals surface area contributed by atoms with Crippen LogP contribution in [0.5, 0.6) is 0 Å². The van der Waals surface area contributed by atoms with Crippen LogP contribution >= 0.6 is 0 Å². The predicted molar refractivity (Wildman–Crippen MR) is 92.9 cm³/mol. The van der Waals surface area contributed by atoms with Crippen molar-refractivity contribution in [1.29, 1.82) is 0 Å². The molecular weight excluding hydrogens is 302 g/mol. The van der Waals surface area contributed by atoms with Gasteiger partial charge < -0.3 is 11.1 Å². The van der Waals surface area contributed by atoms with Crippen LogP contribution in [0.1, 0.15) is 5.56 Å². The fraction of sp³-hybridized carbons (Fsp3) is 0.0588. The van der Waals surface area contributed by atoms with E-state index in [1.807, 2.05) is 41.8 Å².